The molecule has 0 aliphatic carbocycles. The summed E-state index contributed by atoms with van der Waals surface area (Å²) in [4.78, 5) is 14.8. The lowest BCUT2D eigenvalue weighted by Gasteiger charge is -2.31. The van der Waals surface area contributed by atoms with Gasteiger partial charge < -0.3 is 10.2 Å². The van der Waals surface area contributed by atoms with E-state index >= 15 is 0 Å². The van der Waals surface area contributed by atoms with Gasteiger partial charge >= 0.3 is 0 Å². The highest BCUT2D eigenvalue weighted by atomic mass is 35.5. The van der Waals surface area contributed by atoms with E-state index in [-0.39, 0.29) is 18.4 Å². The number of piperidine rings is 1. The average molecular weight is 339 g/mol. The Balaban J connectivity index is 0.00000264. The number of hydrogen-bond acceptors (Lipinski definition) is 2. The third kappa shape index (κ3) is 5.82. The topological polar surface area (TPSA) is 32.3 Å². The fourth-order valence-electron chi connectivity index (χ4n) is 3.52. The van der Waals surface area contributed by atoms with Crippen LogP contribution in [0.4, 0.5) is 0 Å². The average Bonchev–Trinajstić information content (AvgIpc) is 2.59. The number of benzene rings is 1. The highest BCUT2D eigenvalue weighted by Crippen LogP contribution is 2.26. The molecule has 1 aliphatic heterocycles. The Kier molecular flexibility index (Phi) is 9.27. The maximum absolute atomic E-state index is 12.7. The van der Waals surface area contributed by atoms with Gasteiger partial charge in [0.25, 0.3) is 0 Å². The van der Waals surface area contributed by atoms with Crippen LogP contribution in [0.1, 0.15) is 57.6 Å². The number of carbonyl (C=O) groups excluding carboxylic acids is 1. The van der Waals surface area contributed by atoms with Gasteiger partial charge in [0.2, 0.25) is 5.91 Å². The van der Waals surface area contributed by atoms with Crippen LogP contribution in [0.2, 0.25) is 0 Å². The summed E-state index contributed by atoms with van der Waals surface area (Å²) < 4.78 is 0. The van der Waals surface area contributed by atoms with Gasteiger partial charge in [0.15, 0.2) is 0 Å². The molecule has 23 heavy (non-hydrogen) atoms. The maximum atomic E-state index is 12.7. The molecule has 1 amide bonds. The first-order chi connectivity index (χ1) is 10.8. The second kappa shape index (κ2) is 10.7. The molecule has 1 fully saturated rings. The predicted molar refractivity (Wildman–Crippen MR) is 98.9 cm³/mol. The second-order valence-corrected chi connectivity index (χ2v) is 6.25. The van der Waals surface area contributed by atoms with Crippen molar-refractivity contribution >= 4 is 18.3 Å². The number of halogens is 1. The first-order valence-electron chi connectivity index (χ1n) is 8.81. The number of amides is 1. The van der Waals surface area contributed by atoms with Crippen molar-refractivity contribution in [3.63, 3.8) is 0 Å². The molecule has 1 atom stereocenters. The van der Waals surface area contributed by atoms with E-state index in [4.69, 9.17) is 0 Å². The standard InChI is InChI=1S/C19H30N2O.ClH/c1-3-18(17-8-6-5-7-9-17)21(4-2)19(22)11-10-16-12-14-20-15-13-16;/h5-9,16,18,20H,3-4,10-15H2,1-2H3;1H. The molecule has 130 valence electrons. The third-order valence-electron chi connectivity index (χ3n) is 4.83. The molecule has 1 unspecified atom stereocenters. The number of rotatable bonds is 7. The van der Waals surface area contributed by atoms with E-state index in [1.165, 1.54) is 18.4 Å². The molecule has 0 saturated carbocycles. The first-order valence-corrected chi connectivity index (χ1v) is 8.81. The summed E-state index contributed by atoms with van der Waals surface area (Å²) in [5, 5.41) is 3.39. The summed E-state index contributed by atoms with van der Waals surface area (Å²) in [5.41, 5.74) is 1.25. The molecular formula is C19H31ClN2O. The number of nitrogens with zero attached hydrogens (tertiary/aromatic N) is 1. The minimum Gasteiger partial charge on any atom is -0.336 e. The van der Waals surface area contributed by atoms with Crippen molar-refractivity contribution in [3.8, 4) is 0 Å². The first kappa shape index (κ1) is 20.0. The zero-order valence-corrected chi connectivity index (χ0v) is 15.3. The van der Waals surface area contributed by atoms with E-state index in [1.54, 1.807) is 0 Å². The Morgan fingerprint density at radius 1 is 1.22 bits per heavy atom. The quantitative estimate of drug-likeness (QED) is 0.808. The van der Waals surface area contributed by atoms with Crippen LogP contribution in [0.15, 0.2) is 30.3 Å². The summed E-state index contributed by atoms with van der Waals surface area (Å²) in [7, 11) is 0. The number of carbonyl (C=O) groups is 1. The largest absolute Gasteiger partial charge is 0.336 e. The molecule has 1 aromatic rings. The molecule has 0 bridgehead atoms. The summed E-state index contributed by atoms with van der Waals surface area (Å²) in [6.07, 6.45) is 5.14. The van der Waals surface area contributed by atoms with E-state index in [0.29, 0.717) is 12.3 Å². The van der Waals surface area contributed by atoms with Crippen LogP contribution in [0.25, 0.3) is 0 Å². The molecule has 0 aromatic heterocycles. The lowest BCUT2D eigenvalue weighted by Crippen LogP contribution is -2.35. The van der Waals surface area contributed by atoms with Gasteiger partial charge in [-0.25, -0.2) is 0 Å². The van der Waals surface area contributed by atoms with Crippen molar-refractivity contribution in [2.75, 3.05) is 19.6 Å². The molecule has 0 spiro atoms. The third-order valence-corrected chi connectivity index (χ3v) is 4.83. The molecule has 1 N–H and O–H groups in total. The Hall–Kier alpha value is -1.06. The van der Waals surface area contributed by atoms with Gasteiger partial charge in [0, 0.05) is 13.0 Å². The Labute approximate surface area is 147 Å². The van der Waals surface area contributed by atoms with Crippen LogP contribution in [0, 0.1) is 5.92 Å². The fraction of sp³-hybridized carbons (Fsp3) is 0.632. The minimum atomic E-state index is 0. The maximum Gasteiger partial charge on any atom is 0.223 e. The zero-order chi connectivity index (χ0) is 15.8. The Bertz CT molecular complexity index is 446. The summed E-state index contributed by atoms with van der Waals surface area (Å²) >= 11 is 0. The molecule has 1 aliphatic rings. The molecule has 4 heteroatoms. The smallest absolute Gasteiger partial charge is 0.223 e. The predicted octanol–water partition coefficient (Wildman–Crippen LogP) is 4.19. The monoisotopic (exact) mass is 338 g/mol. The van der Waals surface area contributed by atoms with Gasteiger partial charge in [-0.05, 0) is 57.2 Å². The lowest BCUT2D eigenvalue weighted by molar-refractivity contribution is -0.134. The van der Waals surface area contributed by atoms with Crippen molar-refractivity contribution in [2.24, 2.45) is 5.92 Å². The molecule has 1 saturated heterocycles. The van der Waals surface area contributed by atoms with Crippen molar-refractivity contribution in [1.29, 1.82) is 0 Å². The van der Waals surface area contributed by atoms with E-state index in [2.05, 4.69) is 48.3 Å². The summed E-state index contributed by atoms with van der Waals surface area (Å²) in [6, 6.07) is 10.6. The van der Waals surface area contributed by atoms with Crippen LogP contribution >= 0.6 is 12.4 Å². The summed E-state index contributed by atoms with van der Waals surface area (Å²) in [6.45, 7) is 7.27. The van der Waals surface area contributed by atoms with Gasteiger partial charge in [-0.3, -0.25) is 4.79 Å². The normalized spacial score (nSPS) is 16.4. The fourth-order valence-corrected chi connectivity index (χ4v) is 3.52. The lowest BCUT2D eigenvalue weighted by atomic mass is 9.92. The minimum absolute atomic E-state index is 0. The molecule has 3 nitrogen and oxygen atoms in total. The van der Waals surface area contributed by atoms with E-state index in [1.807, 2.05) is 6.07 Å². The SMILES string of the molecule is CCC(c1ccccc1)N(CC)C(=O)CCC1CCNCC1.Cl. The molecule has 1 aromatic carbocycles. The molecular weight excluding hydrogens is 308 g/mol. The van der Waals surface area contributed by atoms with E-state index in [0.717, 1.165) is 38.4 Å². The van der Waals surface area contributed by atoms with Crippen molar-refractivity contribution in [2.45, 2.75) is 52.0 Å². The van der Waals surface area contributed by atoms with Crippen molar-refractivity contribution in [3.05, 3.63) is 35.9 Å². The van der Waals surface area contributed by atoms with Crippen LogP contribution in [0.3, 0.4) is 0 Å². The van der Waals surface area contributed by atoms with Gasteiger partial charge in [-0.15, -0.1) is 12.4 Å². The van der Waals surface area contributed by atoms with Crippen LogP contribution in [-0.2, 0) is 4.79 Å². The molecule has 2 rings (SSSR count). The highest BCUT2D eigenvalue weighted by molar-refractivity contribution is 5.85. The van der Waals surface area contributed by atoms with E-state index < -0.39 is 0 Å². The Morgan fingerprint density at radius 2 is 1.87 bits per heavy atom. The van der Waals surface area contributed by atoms with Crippen molar-refractivity contribution in [1.82, 2.24) is 10.2 Å². The van der Waals surface area contributed by atoms with Crippen molar-refractivity contribution < 1.29 is 4.79 Å². The molecule has 0 radical (unpaired) electrons. The van der Waals surface area contributed by atoms with Gasteiger partial charge in [0.1, 0.15) is 0 Å². The van der Waals surface area contributed by atoms with Crippen LogP contribution < -0.4 is 5.32 Å². The number of hydrogen-bond donors (Lipinski definition) is 1. The Morgan fingerprint density at radius 3 is 2.43 bits per heavy atom. The van der Waals surface area contributed by atoms with Gasteiger partial charge in [-0.2, -0.15) is 0 Å². The highest BCUT2D eigenvalue weighted by Gasteiger charge is 2.23. The number of nitrogens with one attached hydrogen (secondary N) is 1. The van der Waals surface area contributed by atoms with Crippen LogP contribution in [-0.4, -0.2) is 30.4 Å². The summed E-state index contributed by atoms with van der Waals surface area (Å²) in [5.74, 6) is 1.04. The van der Waals surface area contributed by atoms with Gasteiger partial charge in [0.05, 0.1) is 6.04 Å². The zero-order valence-electron chi connectivity index (χ0n) is 14.5. The molecule has 1 heterocycles. The van der Waals surface area contributed by atoms with Gasteiger partial charge in [-0.1, -0.05) is 37.3 Å². The second-order valence-electron chi connectivity index (χ2n) is 6.25. The van der Waals surface area contributed by atoms with Crippen LogP contribution in [0.5, 0.6) is 0 Å². The van der Waals surface area contributed by atoms with E-state index in [9.17, 15) is 4.79 Å².